The fraction of sp³-hybridized carbons (Fsp3) is 0.522. The number of rotatable bonds is 10. The third kappa shape index (κ3) is 5.66. The highest BCUT2D eigenvalue weighted by atomic mass is 16.5. The van der Waals surface area contributed by atoms with Crippen molar-refractivity contribution in [1.29, 1.82) is 0 Å². The van der Waals surface area contributed by atoms with Gasteiger partial charge in [0.25, 0.3) is 0 Å². The number of nitrogens with one attached hydrogen (secondary N) is 2. The van der Waals surface area contributed by atoms with E-state index in [1.165, 1.54) is 0 Å². The molecule has 0 radical (unpaired) electrons. The molecule has 32 heavy (non-hydrogen) atoms. The number of carbonyl (C=O) groups excluding carboxylic acids is 1. The lowest BCUT2D eigenvalue weighted by atomic mass is 10.0. The number of nitrogens with two attached hydrogens (primary N) is 1. The molecule has 0 spiro atoms. The van der Waals surface area contributed by atoms with Crippen LogP contribution in [-0.4, -0.2) is 60.4 Å². The molecule has 1 aliphatic rings. The lowest BCUT2D eigenvalue weighted by molar-refractivity contribution is -0.118. The molecule has 1 atom stereocenters. The van der Waals surface area contributed by atoms with E-state index in [9.17, 15) is 9.90 Å². The van der Waals surface area contributed by atoms with Crippen molar-refractivity contribution in [3.05, 3.63) is 35.0 Å². The van der Waals surface area contributed by atoms with Gasteiger partial charge >= 0.3 is 0 Å². The number of nitrogen functional groups attached to an aromatic ring is 1. The molecule has 0 saturated carbocycles. The van der Waals surface area contributed by atoms with E-state index in [1.807, 2.05) is 25.1 Å². The van der Waals surface area contributed by atoms with E-state index in [0.717, 1.165) is 41.9 Å². The van der Waals surface area contributed by atoms with Gasteiger partial charge in [-0.2, -0.15) is 4.98 Å². The fourth-order valence-electron chi connectivity index (χ4n) is 4.05. The molecule has 1 fully saturated rings. The summed E-state index contributed by atoms with van der Waals surface area (Å²) in [7, 11) is 1.63. The van der Waals surface area contributed by atoms with Crippen molar-refractivity contribution >= 4 is 23.4 Å². The number of aliphatic hydroxyl groups is 1. The third-order valence-corrected chi connectivity index (χ3v) is 5.73. The molecular weight excluding hydrogens is 408 g/mol. The summed E-state index contributed by atoms with van der Waals surface area (Å²) in [5.74, 6) is 1.65. The van der Waals surface area contributed by atoms with Crippen molar-refractivity contribution in [3.8, 4) is 5.75 Å². The lowest BCUT2D eigenvalue weighted by Gasteiger charge is -2.28. The Kier molecular flexibility index (Phi) is 8.24. The molecule has 1 unspecified atom stereocenters. The van der Waals surface area contributed by atoms with Gasteiger partial charge in [0, 0.05) is 55.2 Å². The predicted octanol–water partition coefficient (Wildman–Crippen LogP) is 1.87. The predicted molar refractivity (Wildman–Crippen MR) is 126 cm³/mol. The van der Waals surface area contributed by atoms with Gasteiger partial charge in [0.05, 0.1) is 13.7 Å². The molecule has 0 aliphatic carbocycles. The molecule has 9 heteroatoms. The van der Waals surface area contributed by atoms with Crippen LogP contribution in [0.1, 0.15) is 43.0 Å². The number of ether oxygens (including phenoxy) is 1. The number of nitrogens with zero attached hydrogens (tertiary/aromatic N) is 3. The van der Waals surface area contributed by atoms with Gasteiger partial charge in [0.15, 0.2) is 0 Å². The van der Waals surface area contributed by atoms with E-state index >= 15 is 0 Å². The van der Waals surface area contributed by atoms with Crippen LogP contribution in [-0.2, 0) is 11.2 Å². The Morgan fingerprint density at radius 2 is 2.16 bits per heavy atom. The first-order chi connectivity index (χ1) is 15.5. The van der Waals surface area contributed by atoms with E-state index < -0.39 is 0 Å². The summed E-state index contributed by atoms with van der Waals surface area (Å²) in [5.41, 5.74) is 9.46. The molecule has 1 aromatic heterocycles. The van der Waals surface area contributed by atoms with Gasteiger partial charge in [-0.1, -0.05) is 19.4 Å². The average molecular weight is 443 g/mol. The molecule has 5 N–H and O–H groups in total. The molecule has 0 bridgehead atoms. The zero-order valence-corrected chi connectivity index (χ0v) is 19.1. The monoisotopic (exact) mass is 442 g/mol. The van der Waals surface area contributed by atoms with Crippen molar-refractivity contribution in [3.63, 3.8) is 0 Å². The first-order valence-electron chi connectivity index (χ1n) is 11.1. The van der Waals surface area contributed by atoms with Gasteiger partial charge in [-0.15, -0.1) is 0 Å². The second kappa shape index (κ2) is 11.1. The van der Waals surface area contributed by atoms with Crippen LogP contribution in [0.15, 0.2) is 18.2 Å². The number of piperazine rings is 1. The van der Waals surface area contributed by atoms with Crippen molar-refractivity contribution in [1.82, 2.24) is 15.3 Å². The number of amides is 1. The molecule has 3 rings (SSSR count). The van der Waals surface area contributed by atoms with Crippen molar-refractivity contribution in [2.75, 3.05) is 49.3 Å². The van der Waals surface area contributed by atoms with Crippen molar-refractivity contribution in [2.45, 2.75) is 45.6 Å². The minimum Gasteiger partial charge on any atom is -0.496 e. The van der Waals surface area contributed by atoms with Crippen LogP contribution in [0.25, 0.3) is 0 Å². The molecule has 174 valence electrons. The van der Waals surface area contributed by atoms with Gasteiger partial charge in [-0.3, -0.25) is 4.79 Å². The summed E-state index contributed by atoms with van der Waals surface area (Å²) in [6.45, 7) is 5.87. The minimum absolute atomic E-state index is 0.0474. The van der Waals surface area contributed by atoms with E-state index in [2.05, 4.69) is 27.5 Å². The Morgan fingerprint density at radius 3 is 2.84 bits per heavy atom. The van der Waals surface area contributed by atoms with Crippen molar-refractivity contribution < 1.29 is 14.6 Å². The summed E-state index contributed by atoms with van der Waals surface area (Å²) in [5, 5.41) is 16.0. The molecule has 1 aliphatic heterocycles. The zero-order valence-electron chi connectivity index (χ0n) is 19.1. The highest BCUT2D eigenvalue weighted by Gasteiger charge is 2.21. The number of aromatic nitrogens is 2. The summed E-state index contributed by atoms with van der Waals surface area (Å²) < 4.78 is 5.67. The van der Waals surface area contributed by atoms with Gasteiger partial charge < -0.3 is 31.1 Å². The minimum atomic E-state index is 0.0474. The molecule has 9 nitrogen and oxygen atoms in total. The Morgan fingerprint density at radius 1 is 1.34 bits per heavy atom. The number of carbonyl (C=O) groups is 1. The Bertz CT molecular complexity index is 930. The van der Waals surface area contributed by atoms with Gasteiger partial charge in [-0.05, 0) is 31.4 Å². The highest BCUT2D eigenvalue weighted by molar-refractivity contribution is 5.95. The van der Waals surface area contributed by atoms with Crippen LogP contribution in [0.5, 0.6) is 5.75 Å². The molecule has 1 amide bonds. The highest BCUT2D eigenvalue weighted by Crippen LogP contribution is 2.31. The molecule has 1 saturated heterocycles. The van der Waals surface area contributed by atoms with E-state index in [0.29, 0.717) is 37.5 Å². The smallest absolute Gasteiger partial charge is 0.240 e. The van der Waals surface area contributed by atoms with Crippen LogP contribution in [0.4, 0.5) is 17.5 Å². The Hall–Kier alpha value is -2.91. The maximum Gasteiger partial charge on any atom is 0.240 e. The Balaban J connectivity index is 1.91. The third-order valence-electron chi connectivity index (χ3n) is 5.73. The maximum atomic E-state index is 12.3. The molecular formula is C23H34N6O3. The number of hydrogen-bond donors (Lipinski definition) is 4. The van der Waals surface area contributed by atoms with Crippen LogP contribution in [0.3, 0.4) is 0 Å². The number of anilines is 3. The van der Waals surface area contributed by atoms with Crippen LogP contribution in [0, 0.1) is 6.92 Å². The van der Waals surface area contributed by atoms with Crippen LogP contribution in [0.2, 0.25) is 0 Å². The maximum absolute atomic E-state index is 12.3. The van der Waals surface area contributed by atoms with Gasteiger partial charge in [0.1, 0.15) is 11.6 Å². The normalized spacial score (nSPS) is 15.0. The number of aryl methyl sites for hydroxylation is 1. The first-order valence-corrected chi connectivity index (χ1v) is 11.1. The topological polar surface area (TPSA) is 126 Å². The second-order valence-corrected chi connectivity index (χ2v) is 8.03. The largest absolute Gasteiger partial charge is 0.496 e. The van der Waals surface area contributed by atoms with Crippen LogP contribution >= 0.6 is 0 Å². The fourth-order valence-corrected chi connectivity index (χ4v) is 4.05. The van der Waals surface area contributed by atoms with E-state index in [4.69, 9.17) is 10.5 Å². The summed E-state index contributed by atoms with van der Waals surface area (Å²) in [4.78, 5) is 22.9. The number of aliphatic hydroxyl groups excluding tert-OH is 1. The SMILES string of the molecule is CCCC(CCO)Nc1nc(N)nc(C)c1Cc1ccc(N2CCNCC2=O)cc1OC. The first kappa shape index (κ1) is 23.7. The van der Waals surface area contributed by atoms with Crippen molar-refractivity contribution in [2.24, 2.45) is 0 Å². The van der Waals surface area contributed by atoms with Crippen LogP contribution < -0.4 is 26.0 Å². The molecule has 2 aromatic rings. The number of hydrogen-bond acceptors (Lipinski definition) is 8. The number of methoxy groups -OCH3 is 1. The zero-order chi connectivity index (χ0) is 23.1. The standard InChI is InChI=1S/C23H34N6O3/c1-4-5-17(8-11-30)27-22-19(15(2)26-23(24)28-22)12-16-6-7-18(13-20(16)32-3)29-10-9-25-14-21(29)31/h6-7,13,17,25,30H,4-5,8-12,14H2,1-3H3,(H3,24,26,27,28). The summed E-state index contributed by atoms with van der Waals surface area (Å²) >= 11 is 0. The summed E-state index contributed by atoms with van der Waals surface area (Å²) in [6.07, 6.45) is 3.09. The average Bonchev–Trinajstić information content (AvgIpc) is 2.77. The van der Waals surface area contributed by atoms with Gasteiger partial charge in [-0.25, -0.2) is 4.98 Å². The summed E-state index contributed by atoms with van der Waals surface area (Å²) in [6, 6.07) is 5.94. The van der Waals surface area contributed by atoms with E-state index in [1.54, 1.807) is 12.0 Å². The van der Waals surface area contributed by atoms with Gasteiger partial charge in [0.2, 0.25) is 11.9 Å². The molecule has 1 aromatic carbocycles. The lowest BCUT2D eigenvalue weighted by Crippen LogP contribution is -2.48. The second-order valence-electron chi connectivity index (χ2n) is 8.03. The molecule has 2 heterocycles. The van der Waals surface area contributed by atoms with E-state index in [-0.39, 0.29) is 24.5 Å². The quantitative estimate of drug-likeness (QED) is 0.439. The number of benzene rings is 1. The Labute approximate surface area is 189 Å².